The van der Waals surface area contributed by atoms with Gasteiger partial charge in [0.15, 0.2) is 9.84 Å². The van der Waals surface area contributed by atoms with Crippen LogP contribution in [0.15, 0.2) is 0 Å². The monoisotopic (exact) mass is 330 g/mol. The molecular weight excluding hydrogens is 300 g/mol. The summed E-state index contributed by atoms with van der Waals surface area (Å²) in [6, 6.07) is 0. The van der Waals surface area contributed by atoms with E-state index < -0.39 is 15.1 Å². The number of carbonyl (C=O) groups excluding carboxylic acids is 1. The van der Waals surface area contributed by atoms with Crippen molar-refractivity contribution in [3.63, 3.8) is 0 Å². The molecule has 1 saturated heterocycles. The average molecular weight is 330 g/mol. The summed E-state index contributed by atoms with van der Waals surface area (Å²) in [6.07, 6.45) is 5.39. The van der Waals surface area contributed by atoms with Crippen LogP contribution in [0.25, 0.3) is 0 Å². The molecular formula is C16H30N2O3S. The zero-order chi connectivity index (χ0) is 16.2. The topological polar surface area (TPSA) is 66.5 Å². The van der Waals surface area contributed by atoms with Gasteiger partial charge in [-0.1, -0.05) is 33.1 Å². The SMILES string of the molecule is CC(C)C(C(=O)N1CCCNCC1)S(=O)(=O)C1CCCCC1. The van der Waals surface area contributed by atoms with Gasteiger partial charge in [0.05, 0.1) is 5.25 Å². The van der Waals surface area contributed by atoms with Crippen LogP contribution in [0.5, 0.6) is 0 Å². The molecule has 1 heterocycles. The first-order valence-electron chi connectivity index (χ1n) is 8.67. The number of rotatable bonds is 4. The van der Waals surface area contributed by atoms with Gasteiger partial charge in [0, 0.05) is 19.6 Å². The van der Waals surface area contributed by atoms with Crippen molar-refractivity contribution >= 4 is 15.7 Å². The van der Waals surface area contributed by atoms with Crippen LogP contribution in [0.2, 0.25) is 0 Å². The van der Waals surface area contributed by atoms with Crippen LogP contribution in [0.1, 0.15) is 52.4 Å². The molecule has 6 heteroatoms. The first-order chi connectivity index (χ1) is 10.4. The fourth-order valence-corrected chi connectivity index (χ4v) is 6.25. The van der Waals surface area contributed by atoms with Gasteiger partial charge in [-0.15, -0.1) is 0 Å². The largest absolute Gasteiger partial charge is 0.340 e. The van der Waals surface area contributed by atoms with E-state index in [-0.39, 0.29) is 17.1 Å². The molecule has 0 aromatic rings. The Hall–Kier alpha value is -0.620. The van der Waals surface area contributed by atoms with Crippen molar-refractivity contribution in [2.45, 2.75) is 62.9 Å². The Balaban J connectivity index is 2.18. The van der Waals surface area contributed by atoms with Gasteiger partial charge in [0.25, 0.3) is 0 Å². The molecule has 1 aliphatic heterocycles. The molecule has 0 bridgehead atoms. The number of nitrogens with one attached hydrogen (secondary N) is 1. The van der Waals surface area contributed by atoms with Crippen LogP contribution in [-0.2, 0) is 14.6 Å². The van der Waals surface area contributed by atoms with Crippen LogP contribution < -0.4 is 5.32 Å². The maximum atomic E-state index is 13.0. The van der Waals surface area contributed by atoms with E-state index in [1.807, 2.05) is 13.8 Å². The summed E-state index contributed by atoms with van der Waals surface area (Å²) in [4.78, 5) is 14.7. The minimum absolute atomic E-state index is 0.171. The Morgan fingerprint density at radius 1 is 1.05 bits per heavy atom. The lowest BCUT2D eigenvalue weighted by molar-refractivity contribution is -0.131. The van der Waals surface area contributed by atoms with E-state index in [4.69, 9.17) is 0 Å². The molecule has 0 radical (unpaired) electrons. The molecule has 2 rings (SSSR count). The number of nitrogens with zero attached hydrogens (tertiary/aromatic N) is 1. The van der Waals surface area contributed by atoms with Gasteiger partial charge in [-0.25, -0.2) is 8.42 Å². The van der Waals surface area contributed by atoms with Crippen molar-refractivity contribution in [3.8, 4) is 0 Å². The fraction of sp³-hybridized carbons (Fsp3) is 0.938. The Bertz CT molecular complexity index is 462. The molecule has 2 fully saturated rings. The summed E-state index contributed by atoms with van der Waals surface area (Å²) < 4.78 is 26.1. The normalized spacial score (nSPS) is 23.3. The summed E-state index contributed by atoms with van der Waals surface area (Å²) in [6.45, 7) is 6.64. The maximum absolute atomic E-state index is 13.0. The quantitative estimate of drug-likeness (QED) is 0.850. The Kier molecular flexibility index (Phi) is 6.26. The minimum Gasteiger partial charge on any atom is -0.340 e. The number of amides is 1. The van der Waals surface area contributed by atoms with Crippen molar-refractivity contribution < 1.29 is 13.2 Å². The Morgan fingerprint density at radius 3 is 2.36 bits per heavy atom. The minimum atomic E-state index is -3.40. The highest BCUT2D eigenvalue weighted by Crippen LogP contribution is 2.29. The first-order valence-corrected chi connectivity index (χ1v) is 10.3. The van der Waals surface area contributed by atoms with Crippen LogP contribution in [0.4, 0.5) is 0 Å². The molecule has 1 amide bonds. The van der Waals surface area contributed by atoms with Gasteiger partial charge in [-0.3, -0.25) is 4.79 Å². The predicted molar refractivity (Wildman–Crippen MR) is 88.5 cm³/mol. The second kappa shape index (κ2) is 7.77. The lowest BCUT2D eigenvalue weighted by atomic mass is 10.0. The Morgan fingerprint density at radius 2 is 1.73 bits per heavy atom. The lowest BCUT2D eigenvalue weighted by Crippen LogP contribution is -2.49. The van der Waals surface area contributed by atoms with Gasteiger partial charge in [0.1, 0.15) is 5.25 Å². The van der Waals surface area contributed by atoms with Gasteiger partial charge >= 0.3 is 0 Å². The highest BCUT2D eigenvalue weighted by Gasteiger charge is 2.42. The average Bonchev–Trinajstić information content (AvgIpc) is 2.76. The van der Waals surface area contributed by atoms with Gasteiger partial charge < -0.3 is 10.2 Å². The summed E-state index contributed by atoms with van der Waals surface area (Å²) in [7, 11) is -3.40. The molecule has 1 atom stereocenters. The molecule has 0 spiro atoms. The molecule has 2 aliphatic rings. The molecule has 1 unspecified atom stereocenters. The second-order valence-electron chi connectivity index (χ2n) is 6.94. The molecule has 0 aromatic heterocycles. The highest BCUT2D eigenvalue weighted by atomic mass is 32.2. The summed E-state index contributed by atoms with van der Waals surface area (Å²) >= 11 is 0. The van der Waals surface area contributed by atoms with Crippen molar-refractivity contribution in [2.24, 2.45) is 5.92 Å². The van der Waals surface area contributed by atoms with E-state index in [1.165, 1.54) is 0 Å². The smallest absolute Gasteiger partial charge is 0.241 e. The van der Waals surface area contributed by atoms with Crippen LogP contribution in [-0.4, -0.2) is 55.9 Å². The molecule has 22 heavy (non-hydrogen) atoms. The zero-order valence-electron chi connectivity index (χ0n) is 13.9. The van der Waals surface area contributed by atoms with Crippen molar-refractivity contribution in [1.82, 2.24) is 10.2 Å². The maximum Gasteiger partial charge on any atom is 0.241 e. The van der Waals surface area contributed by atoms with Crippen molar-refractivity contribution in [3.05, 3.63) is 0 Å². The summed E-state index contributed by atoms with van der Waals surface area (Å²) in [5, 5.41) is 2.08. The van der Waals surface area contributed by atoms with E-state index in [1.54, 1.807) is 4.90 Å². The van der Waals surface area contributed by atoms with Crippen molar-refractivity contribution in [2.75, 3.05) is 26.2 Å². The molecule has 128 valence electrons. The van der Waals surface area contributed by atoms with Crippen LogP contribution >= 0.6 is 0 Å². The van der Waals surface area contributed by atoms with E-state index in [0.717, 1.165) is 51.6 Å². The lowest BCUT2D eigenvalue weighted by Gasteiger charge is -2.32. The standard InChI is InChI=1S/C16H30N2O3S/c1-13(2)15(16(19)18-11-6-9-17-10-12-18)22(20,21)14-7-4-3-5-8-14/h13-15,17H,3-12H2,1-2H3. The predicted octanol–water partition coefficient (Wildman–Crippen LogP) is 1.58. The molecule has 1 N–H and O–H groups in total. The van der Waals surface area contributed by atoms with Crippen molar-refractivity contribution in [1.29, 1.82) is 0 Å². The number of sulfone groups is 1. The van der Waals surface area contributed by atoms with Gasteiger partial charge in [0.2, 0.25) is 5.91 Å². The van der Waals surface area contributed by atoms with Gasteiger partial charge in [-0.05, 0) is 31.7 Å². The molecule has 5 nitrogen and oxygen atoms in total. The van der Waals surface area contributed by atoms with Crippen LogP contribution in [0, 0.1) is 5.92 Å². The van der Waals surface area contributed by atoms with E-state index in [9.17, 15) is 13.2 Å². The third-order valence-corrected chi connectivity index (χ3v) is 7.73. The fourth-order valence-electron chi connectivity index (χ4n) is 3.65. The molecule has 1 aliphatic carbocycles. The van der Waals surface area contributed by atoms with E-state index in [0.29, 0.717) is 13.1 Å². The zero-order valence-corrected chi connectivity index (χ0v) is 14.7. The first kappa shape index (κ1) is 17.7. The second-order valence-corrected chi connectivity index (χ2v) is 9.30. The molecule has 1 saturated carbocycles. The van der Waals surface area contributed by atoms with Crippen LogP contribution in [0.3, 0.4) is 0 Å². The number of carbonyl (C=O) groups is 1. The third kappa shape index (κ3) is 4.02. The number of hydrogen-bond donors (Lipinski definition) is 1. The summed E-state index contributed by atoms with van der Waals surface area (Å²) in [5.41, 5.74) is 0. The van der Waals surface area contributed by atoms with E-state index in [2.05, 4.69) is 5.32 Å². The van der Waals surface area contributed by atoms with Gasteiger partial charge in [-0.2, -0.15) is 0 Å². The number of hydrogen-bond acceptors (Lipinski definition) is 4. The third-order valence-electron chi connectivity index (χ3n) is 4.87. The Labute approximate surface area is 134 Å². The van der Waals surface area contributed by atoms with E-state index >= 15 is 0 Å². The molecule has 0 aromatic carbocycles. The summed E-state index contributed by atoms with van der Waals surface area (Å²) in [5.74, 6) is -0.347. The highest BCUT2D eigenvalue weighted by molar-refractivity contribution is 7.93.